The molecule has 0 bridgehead atoms. The van der Waals surface area contributed by atoms with Crippen molar-refractivity contribution in [3.05, 3.63) is 0 Å². The quantitative estimate of drug-likeness (QED) is 0.637. The van der Waals surface area contributed by atoms with E-state index in [4.69, 9.17) is 5.11 Å². The average Bonchev–Trinajstić information content (AvgIpc) is 2.16. The molecule has 0 aromatic heterocycles. The summed E-state index contributed by atoms with van der Waals surface area (Å²) in [5.41, 5.74) is 0.425. The van der Waals surface area contributed by atoms with Gasteiger partial charge in [-0.05, 0) is 18.3 Å². The number of aliphatic hydroxyl groups excluding tert-OH is 1. The molecule has 1 saturated carbocycles. The van der Waals surface area contributed by atoms with Crippen LogP contribution in [-0.4, -0.2) is 16.5 Å². The second kappa shape index (κ2) is 1.99. The molecule has 0 heterocycles. The molecule has 0 amide bonds. The Labute approximate surface area is 58.2 Å². The summed E-state index contributed by atoms with van der Waals surface area (Å²) in [6.07, 6.45) is 2.18. The smallest absolute Gasteiger partial charge is 0.0436 e. The molecule has 0 spiro atoms. The first-order valence-corrected chi connectivity index (χ1v) is 3.85. The standard InChI is InChI=1S/C6H11BrO/c1-6(2-3-8)4-5(6)7/h5,8H,2-4H2,1H3. The first-order chi connectivity index (χ1) is 3.69. The Morgan fingerprint density at radius 3 is 2.50 bits per heavy atom. The molecular weight excluding hydrogens is 168 g/mol. The minimum Gasteiger partial charge on any atom is -0.396 e. The number of hydrogen-bond donors (Lipinski definition) is 1. The number of aliphatic hydroxyl groups is 1. The van der Waals surface area contributed by atoms with Crippen molar-refractivity contribution in [1.29, 1.82) is 0 Å². The molecule has 1 aliphatic carbocycles. The van der Waals surface area contributed by atoms with Gasteiger partial charge in [0.15, 0.2) is 0 Å². The lowest BCUT2D eigenvalue weighted by molar-refractivity contribution is 0.257. The summed E-state index contributed by atoms with van der Waals surface area (Å²) in [6, 6.07) is 0. The van der Waals surface area contributed by atoms with Crippen LogP contribution in [0.5, 0.6) is 0 Å². The number of hydrogen-bond acceptors (Lipinski definition) is 1. The molecule has 0 aromatic rings. The molecule has 8 heavy (non-hydrogen) atoms. The molecule has 1 N–H and O–H groups in total. The van der Waals surface area contributed by atoms with Gasteiger partial charge in [-0.2, -0.15) is 0 Å². The topological polar surface area (TPSA) is 20.2 Å². The summed E-state index contributed by atoms with van der Waals surface area (Å²) in [5.74, 6) is 0. The average molecular weight is 179 g/mol. The van der Waals surface area contributed by atoms with Crippen molar-refractivity contribution in [2.45, 2.75) is 24.6 Å². The van der Waals surface area contributed by atoms with Gasteiger partial charge in [-0.3, -0.25) is 0 Å². The Morgan fingerprint density at radius 1 is 1.88 bits per heavy atom. The van der Waals surface area contributed by atoms with Gasteiger partial charge in [0.05, 0.1) is 0 Å². The van der Waals surface area contributed by atoms with Crippen LogP contribution >= 0.6 is 15.9 Å². The molecule has 2 atom stereocenters. The zero-order valence-electron chi connectivity index (χ0n) is 5.02. The van der Waals surface area contributed by atoms with Crippen LogP contribution < -0.4 is 0 Å². The highest BCUT2D eigenvalue weighted by Gasteiger charge is 2.47. The Kier molecular flexibility index (Phi) is 1.63. The van der Waals surface area contributed by atoms with Crippen LogP contribution in [0.4, 0.5) is 0 Å². The molecule has 0 saturated heterocycles. The first kappa shape index (κ1) is 6.56. The summed E-state index contributed by atoms with van der Waals surface area (Å²) < 4.78 is 0. The molecule has 0 aliphatic heterocycles. The van der Waals surface area contributed by atoms with Crippen molar-refractivity contribution in [3.8, 4) is 0 Å². The fourth-order valence-corrected chi connectivity index (χ4v) is 1.83. The lowest BCUT2D eigenvalue weighted by atomic mass is 10.1. The van der Waals surface area contributed by atoms with Crippen LogP contribution in [0.3, 0.4) is 0 Å². The third kappa shape index (κ3) is 1.06. The van der Waals surface area contributed by atoms with E-state index < -0.39 is 0 Å². The van der Waals surface area contributed by atoms with E-state index in [-0.39, 0.29) is 0 Å². The predicted molar refractivity (Wildman–Crippen MR) is 37.1 cm³/mol. The normalized spacial score (nSPS) is 44.6. The highest BCUT2D eigenvalue weighted by molar-refractivity contribution is 9.09. The van der Waals surface area contributed by atoms with Gasteiger partial charge in [0.25, 0.3) is 0 Å². The second-order valence-corrected chi connectivity index (χ2v) is 3.90. The van der Waals surface area contributed by atoms with Crippen molar-refractivity contribution in [1.82, 2.24) is 0 Å². The van der Waals surface area contributed by atoms with Crippen LogP contribution in [-0.2, 0) is 0 Å². The summed E-state index contributed by atoms with van der Waals surface area (Å²) in [5, 5.41) is 8.54. The molecular formula is C6H11BrO. The second-order valence-electron chi connectivity index (χ2n) is 2.80. The van der Waals surface area contributed by atoms with Gasteiger partial charge in [0, 0.05) is 11.4 Å². The number of alkyl halides is 1. The zero-order valence-corrected chi connectivity index (χ0v) is 6.61. The minimum absolute atomic E-state index is 0.332. The Bertz CT molecular complexity index is 94.5. The van der Waals surface area contributed by atoms with Crippen LogP contribution in [0.15, 0.2) is 0 Å². The predicted octanol–water partition coefficient (Wildman–Crippen LogP) is 1.54. The summed E-state index contributed by atoms with van der Waals surface area (Å²) in [4.78, 5) is 0.669. The van der Waals surface area contributed by atoms with E-state index in [2.05, 4.69) is 22.9 Å². The van der Waals surface area contributed by atoms with Crippen molar-refractivity contribution in [2.24, 2.45) is 5.41 Å². The fraction of sp³-hybridized carbons (Fsp3) is 1.00. The van der Waals surface area contributed by atoms with Gasteiger partial charge in [-0.25, -0.2) is 0 Å². The summed E-state index contributed by atoms with van der Waals surface area (Å²) in [6.45, 7) is 2.53. The van der Waals surface area contributed by atoms with E-state index in [9.17, 15) is 0 Å². The zero-order chi connectivity index (χ0) is 6.20. The van der Waals surface area contributed by atoms with Gasteiger partial charge < -0.3 is 5.11 Å². The molecule has 1 aliphatic rings. The highest BCUT2D eigenvalue weighted by atomic mass is 79.9. The molecule has 0 radical (unpaired) electrons. The largest absolute Gasteiger partial charge is 0.396 e. The molecule has 1 fully saturated rings. The molecule has 0 aromatic carbocycles. The fourth-order valence-electron chi connectivity index (χ4n) is 0.865. The third-order valence-electron chi connectivity index (χ3n) is 1.92. The van der Waals surface area contributed by atoms with E-state index in [0.29, 0.717) is 16.8 Å². The number of halogens is 1. The Balaban J connectivity index is 2.25. The van der Waals surface area contributed by atoms with Crippen LogP contribution in [0, 0.1) is 5.41 Å². The summed E-state index contributed by atoms with van der Waals surface area (Å²) >= 11 is 3.49. The maximum Gasteiger partial charge on any atom is 0.0436 e. The molecule has 48 valence electrons. The molecule has 2 unspecified atom stereocenters. The third-order valence-corrected chi connectivity index (χ3v) is 3.35. The molecule has 1 nitrogen and oxygen atoms in total. The lowest BCUT2D eigenvalue weighted by Gasteiger charge is -2.03. The van der Waals surface area contributed by atoms with E-state index in [0.717, 1.165) is 6.42 Å². The maximum absolute atomic E-state index is 8.54. The van der Waals surface area contributed by atoms with Gasteiger partial charge >= 0.3 is 0 Å². The lowest BCUT2D eigenvalue weighted by Crippen LogP contribution is -1.99. The van der Waals surface area contributed by atoms with Gasteiger partial charge in [0.1, 0.15) is 0 Å². The molecule has 1 rings (SSSR count). The van der Waals surface area contributed by atoms with Gasteiger partial charge in [-0.1, -0.05) is 22.9 Å². The van der Waals surface area contributed by atoms with E-state index in [1.807, 2.05) is 0 Å². The van der Waals surface area contributed by atoms with Crippen LogP contribution in [0.1, 0.15) is 19.8 Å². The number of rotatable bonds is 2. The van der Waals surface area contributed by atoms with Crippen LogP contribution in [0.2, 0.25) is 0 Å². The first-order valence-electron chi connectivity index (χ1n) is 2.94. The Hall–Kier alpha value is 0.440. The van der Waals surface area contributed by atoms with Gasteiger partial charge in [-0.15, -0.1) is 0 Å². The van der Waals surface area contributed by atoms with E-state index in [1.165, 1.54) is 6.42 Å². The van der Waals surface area contributed by atoms with Crippen molar-refractivity contribution >= 4 is 15.9 Å². The van der Waals surface area contributed by atoms with Gasteiger partial charge in [0.2, 0.25) is 0 Å². The van der Waals surface area contributed by atoms with E-state index >= 15 is 0 Å². The Morgan fingerprint density at radius 2 is 2.38 bits per heavy atom. The SMILES string of the molecule is CC1(CCO)CC1Br. The van der Waals surface area contributed by atoms with Crippen molar-refractivity contribution < 1.29 is 5.11 Å². The van der Waals surface area contributed by atoms with E-state index in [1.54, 1.807) is 0 Å². The van der Waals surface area contributed by atoms with Crippen LogP contribution in [0.25, 0.3) is 0 Å². The monoisotopic (exact) mass is 178 g/mol. The molecule has 2 heteroatoms. The van der Waals surface area contributed by atoms with Crippen molar-refractivity contribution in [2.75, 3.05) is 6.61 Å². The minimum atomic E-state index is 0.332. The summed E-state index contributed by atoms with van der Waals surface area (Å²) in [7, 11) is 0. The highest BCUT2D eigenvalue weighted by Crippen LogP contribution is 2.53. The van der Waals surface area contributed by atoms with Crippen molar-refractivity contribution in [3.63, 3.8) is 0 Å². The maximum atomic E-state index is 8.54.